The Morgan fingerprint density at radius 1 is 1.04 bits per heavy atom. The molecule has 0 aromatic heterocycles. The molecule has 0 heterocycles. The first-order valence-electron chi connectivity index (χ1n) is 8.50. The van der Waals surface area contributed by atoms with E-state index >= 15 is 0 Å². The minimum Gasteiger partial charge on any atom is -0.488 e. The summed E-state index contributed by atoms with van der Waals surface area (Å²) < 4.78 is 19.2. The van der Waals surface area contributed by atoms with Crippen LogP contribution in [0, 0.1) is 5.82 Å². The fraction of sp³-hybridized carbons (Fsp3) is 0.136. The van der Waals surface area contributed by atoms with E-state index in [1.54, 1.807) is 43.4 Å². The number of para-hydroxylation sites is 1. The summed E-state index contributed by atoms with van der Waals surface area (Å²) in [5.74, 6) is -0.0423. The first kappa shape index (κ1) is 18.9. The number of carbonyl (C=O) groups excluding carboxylic acids is 1. The highest BCUT2D eigenvalue weighted by Crippen LogP contribution is 2.23. The van der Waals surface area contributed by atoms with Crippen LogP contribution in [0.1, 0.15) is 21.5 Å². The lowest BCUT2D eigenvalue weighted by atomic mass is 10.1. The summed E-state index contributed by atoms with van der Waals surface area (Å²) in [4.78, 5) is 14.4. The van der Waals surface area contributed by atoms with Crippen LogP contribution in [-0.4, -0.2) is 17.9 Å². The summed E-state index contributed by atoms with van der Waals surface area (Å²) in [7, 11) is 1.68. The lowest BCUT2D eigenvalue weighted by molar-refractivity contribution is 0.0780. The van der Waals surface area contributed by atoms with Crippen LogP contribution in [0.2, 0.25) is 5.02 Å². The quantitative estimate of drug-likeness (QED) is 0.575. The van der Waals surface area contributed by atoms with E-state index in [2.05, 4.69) is 0 Å². The van der Waals surface area contributed by atoms with Crippen LogP contribution in [0.4, 0.5) is 4.39 Å². The molecule has 1 amide bonds. The van der Waals surface area contributed by atoms with Crippen LogP contribution in [0.3, 0.4) is 0 Å². The maximum absolute atomic E-state index is 13.4. The normalized spacial score (nSPS) is 10.5. The topological polar surface area (TPSA) is 29.5 Å². The summed E-state index contributed by atoms with van der Waals surface area (Å²) in [5, 5.41) is 0.615. The summed E-state index contributed by atoms with van der Waals surface area (Å²) in [6, 6.07) is 20.7. The van der Waals surface area contributed by atoms with Gasteiger partial charge in [0.2, 0.25) is 0 Å². The number of hydrogen-bond donors (Lipinski definition) is 0. The molecule has 0 N–H and O–H groups in total. The molecule has 0 aliphatic heterocycles. The van der Waals surface area contributed by atoms with E-state index in [9.17, 15) is 9.18 Å². The van der Waals surface area contributed by atoms with Gasteiger partial charge in [0, 0.05) is 24.2 Å². The van der Waals surface area contributed by atoms with Gasteiger partial charge >= 0.3 is 0 Å². The van der Waals surface area contributed by atoms with Crippen molar-refractivity contribution in [1.29, 1.82) is 0 Å². The first-order valence-corrected chi connectivity index (χ1v) is 8.87. The highest BCUT2D eigenvalue weighted by atomic mass is 35.5. The molecule has 27 heavy (non-hydrogen) atoms. The van der Waals surface area contributed by atoms with Gasteiger partial charge in [0.05, 0.1) is 5.56 Å². The Kier molecular flexibility index (Phi) is 6.09. The van der Waals surface area contributed by atoms with Crippen LogP contribution in [0.15, 0.2) is 72.8 Å². The van der Waals surface area contributed by atoms with Crippen molar-refractivity contribution >= 4 is 17.5 Å². The van der Waals surface area contributed by atoms with Crippen LogP contribution >= 0.6 is 11.6 Å². The van der Waals surface area contributed by atoms with Gasteiger partial charge in [-0.2, -0.15) is 0 Å². The summed E-state index contributed by atoms with van der Waals surface area (Å²) in [6.45, 7) is 0.563. The van der Waals surface area contributed by atoms with Crippen LogP contribution in [0.5, 0.6) is 5.75 Å². The van der Waals surface area contributed by atoms with Crippen molar-refractivity contribution < 1.29 is 13.9 Å². The van der Waals surface area contributed by atoms with Gasteiger partial charge in [0.15, 0.2) is 0 Å². The smallest absolute Gasteiger partial charge is 0.257 e. The first-order chi connectivity index (χ1) is 13.0. The molecule has 3 rings (SSSR count). The maximum Gasteiger partial charge on any atom is 0.257 e. The zero-order valence-electron chi connectivity index (χ0n) is 14.9. The molecule has 0 spiro atoms. The maximum atomic E-state index is 13.4. The molecule has 0 bridgehead atoms. The Morgan fingerprint density at radius 2 is 1.78 bits per heavy atom. The van der Waals surface area contributed by atoms with Gasteiger partial charge < -0.3 is 9.64 Å². The van der Waals surface area contributed by atoms with E-state index in [-0.39, 0.29) is 18.3 Å². The number of nitrogens with zero attached hydrogens (tertiary/aromatic N) is 1. The molecule has 0 aliphatic rings. The second-order valence-corrected chi connectivity index (χ2v) is 6.57. The van der Waals surface area contributed by atoms with Crippen molar-refractivity contribution in [2.45, 2.75) is 13.2 Å². The van der Waals surface area contributed by atoms with Crippen molar-refractivity contribution in [2.75, 3.05) is 7.05 Å². The highest BCUT2D eigenvalue weighted by molar-refractivity contribution is 6.31. The summed E-state index contributed by atoms with van der Waals surface area (Å²) in [6.07, 6.45) is 0. The van der Waals surface area contributed by atoms with E-state index in [0.29, 0.717) is 22.9 Å². The van der Waals surface area contributed by atoms with E-state index < -0.39 is 0 Å². The monoisotopic (exact) mass is 383 g/mol. The van der Waals surface area contributed by atoms with E-state index in [0.717, 1.165) is 11.1 Å². The SMILES string of the molecule is CN(Cc1cccc(F)c1)C(=O)c1ccccc1OCc1ccccc1Cl. The minimum atomic E-state index is -0.322. The van der Waals surface area contributed by atoms with Gasteiger partial charge in [-0.05, 0) is 35.9 Å². The molecular weight excluding hydrogens is 365 g/mol. The number of amides is 1. The van der Waals surface area contributed by atoms with Crippen molar-refractivity contribution in [3.63, 3.8) is 0 Å². The second-order valence-electron chi connectivity index (χ2n) is 6.17. The molecule has 0 saturated carbocycles. The predicted molar refractivity (Wildman–Crippen MR) is 104 cm³/mol. The summed E-state index contributed by atoms with van der Waals surface area (Å²) >= 11 is 6.16. The Morgan fingerprint density at radius 3 is 2.56 bits per heavy atom. The Labute approximate surface area is 163 Å². The number of halogens is 2. The molecule has 0 atom stereocenters. The van der Waals surface area contributed by atoms with Crippen molar-refractivity contribution in [3.05, 3.63) is 100 Å². The van der Waals surface area contributed by atoms with Gasteiger partial charge in [-0.15, -0.1) is 0 Å². The van der Waals surface area contributed by atoms with Gasteiger partial charge in [0.25, 0.3) is 5.91 Å². The molecular formula is C22H19ClFNO2. The highest BCUT2D eigenvalue weighted by Gasteiger charge is 2.17. The van der Waals surface area contributed by atoms with Crippen molar-refractivity contribution in [3.8, 4) is 5.75 Å². The molecule has 0 aliphatic carbocycles. The minimum absolute atomic E-state index is 0.200. The molecule has 0 unspecified atom stereocenters. The molecule has 3 aromatic rings. The number of carbonyl (C=O) groups is 1. The zero-order chi connectivity index (χ0) is 19.2. The molecule has 5 heteroatoms. The lowest BCUT2D eigenvalue weighted by Gasteiger charge is -2.19. The number of ether oxygens (including phenoxy) is 1. The molecule has 0 radical (unpaired) electrons. The van der Waals surface area contributed by atoms with Crippen LogP contribution < -0.4 is 4.74 Å². The standard InChI is InChI=1S/C22H19ClFNO2/c1-25(14-16-7-6-9-18(24)13-16)22(26)19-10-3-5-12-21(19)27-15-17-8-2-4-11-20(17)23/h2-13H,14-15H2,1H3. The van der Waals surface area contributed by atoms with Gasteiger partial charge in [-0.25, -0.2) is 4.39 Å². The van der Waals surface area contributed by atoms with Gasteiger partial charge in [-0.1, -0.05) is 54.1 Å². The average Bonchev–Trinajstić information content (AvgIpc) is 2.67. The second kappa shape index (κ2) is 8.69. The molecule has 0 fully saturated rings. The third-order valence-electron chi connectivity index (χ3n) is 4.11. The average molecular weight is 384 g/mol. The largest absolute Gasteiger partial charge is 0.488 e. The lowest BCUT2D eigenvalue weighted by Crippen LogP contribution is -2.26. The van der Waals surface area contributed by atoms with E-state index in [4.69, 9.17) is 16.3 Å². The third kappa shape index (κ3) is 4.86. The fourth-order valence-corrected chi connectivity index (χ4v) is 2.92. The predicted octanol–water partition coefficient (Wildman–Crippen LogP) is 5.33. The van der Waals surface area contributed by atoms with Crippen molar-refractivity contribution in [2.24, 2.45) is 0 Å². The van der Waals surface area contributed by atoms with Crippen molar-refractivity contribution in [1.82, 2.24) is 4.90 Å². The van der Waals surface area contributed by atoms with Crippen LogP contribution in [-0.2, 0) is 13.2 Å². The number of hydrogen-bond acceptors (Lipinski definition) is 2. The Bertz CT molecular complexity index is 945. The number of benzene rings is 3. The summed E-state index contributed by atoms with van der Waals surface area (Å²) in [5.41, 5.74) is 2.01. The molecule has 3 nitrogen and oxygen atoms in total. The third-order valence-corrected chi connectivity index (χ3v) is 4.48. The molecule has 0 saturated heterocycles. The Balaban J connectivity index is 1.74. The molecule has 138 valence electrons. The Hall–Kier alpha value is -2.85. The molecule has 3 aromatic carbocycles. The zero-order valence-corrected chi connectivity index (χ0v) is 15.6. The number of rotatable bonds is 6. The van der Waals surface area contributed by atoms with Gasteiger partial charge in [-0.3, -0.25) is 4.79 Å². The van der Waals surface area contributed by atoms with E-state index in [1.807, 2.05) is 24.3 Å². The van der Waals surface area contributed by atoms with E-state index in [1.165, 1.54) is 17.0 Å². The van der Waals surface area contributed by atoms with Crippen LogP contribution in [0.25, 0.3) is 0 Å². The fourth-order valence-electron chi connectivity index (χ4n) is 2.73. The van der Waals surface area contributed by atoms with Gasteiger partial charge in [0.1, 0.15) is 18.2 Å².